The highest BCUT2D eigenvalue weighted by Gasteiger charge is 2.35. The van der Waals surface area contributed by atoms with E-state index < -0.39 is 12.0 Å². The highest BCUT2D eigenvalue weighted by molar-refractivity contribution is 7.07. The first-order valence-electron chi connectivity index (χ1n) is 12.8. The number of benzene rings is 2. The molecule has 40 heavy (non-hydrogen) atoms. The summed E-state index contributed by atoms with van der Waals surface area (Å²) in [6, 6.07) is 10.0. The normalized spacial score (nSPS) is 15.8. The zero-order valence-electron chi connectivity index (χ0n) is 22.4. The minimum absolute atomic E-state index is 0.108. The van der Waals surface area contributed by atoms with Crippen LogP contribution in [0.4, 0.5) is 0 Å². The van der Waals surface area contributed by atoms with Crippen molar-refractivity contribution in [2.75, 3.05) is 27.1 Å². The quantitative estimate of drug-likeness (QED) is 0.293. The Morgan fingerprint density at radius 3 is 2.77 bits per heavy atom. The van der Waals surface area contributed by atoms with Crippen LogP contribution < -0.4 is 33.8 Å². The summed E-state index contributed by atoms with van der Waals surface area (Å²) in [5.41, 5.74) is 2.09. The number of hydrogen-bond acceptors (Lipinski definition) is 9. The molecule has 9 nitrogen and oxygen atoms in total. The third-order valence-corrected chi connectivity index (χ3v) is 7.38. The van der Waals surface area contributed by atoms with Gasteiger partial charge in [-0.1, -0.05) is 42.7 Å². The van der Waals surface area contributed by atoms with E-state index in [2.05, 4.69) is 5.92 Å². The summed E-state index contributed by atoms with van der Waals surface area (Å²) in [5.74, 6) is 4.08. The number of methoxy groups -OCH3 is 1. The summed E-state index contributed by atoms with van der Waals surface area (Å²) in [4.78, 5) is 32.6. The van der Waals surface area contributed by atoms with Crippen LogP contribution in [0, 0.1) is 12.3 Å². The molecule has 0 spiro atoms. The molecule has 0 radical (unpaired) electrons. The molecule has 0 saturated heterocycles. The van der Waals surface area contributed by atoms with Crippen molar-refractivity contribution in [2.24, 2.45) is 4.99 Å². The topological polar surface area (TPSA) is 97.6 Å². The lowest BCUT2D eigenvalue weighted by Gasteiger charge is -2.25. The van der Waals surface area contributed by atoms with Gasteiger partial charge in [0.1, 0.15) is 6.61 Å². The van der Waals surface area contributed by atoms with Gasteiger partial charge in [0.25, 0.3) is 5.56 Å². The van der Waals surface area contributed by atoms with Crippen molar-refractivity contribution >= 4 is 23.4 Å². The molecule has 0 unspecified atom stereocenters. The fourth-order valence-corrected chi connectivity index (χ4v) is 5.70. The Bertz CT molecular complexity index is 1710. The monoisotopic (exact) mass is 560 g/mol. The third-order valence-electron chi connectivity index (χ3n) is 6.40. The molecule has 0 bridgehead atoms. The molecule has 2 aliphatic heterocycles. The number of carbonyl (C=O) groups excluding carboxylic acids is 1. The van der Waals surface area contributed by atoms with Crippen LogP contribution in [0.3, 0.4) is 0 Å². The number of rotatable bonds is 9. The molecule has 1 atom stereocenters. The maximum atomic E-state index is 14.0. The second kappa shape index (κ2) is 11.7. The Balaban J connectivity index is 1.69. The molecule has 206 valence electrons. The third kappa shape index (κ3) is 5.08. The number of aromatic nitrogens is 1. The van der Waals surface area contributed by atoms with Gasteiger partial charge in [-0.15, -0.1) is 6.42 Å². The molecule has 1 aromatic heterocycles. The van der Waals surface area contributed by atoms with E-state index in [9.17, 15) is 9.59 Å². The number of thiazole rings is 1. The van der Waals surface area contributed by atoms with Gasteiger partial charge < -0.3 is 23.7 Å². The Hall–Kier alpha value is -4.49. The molecule has 5 rings (SSSR count). The largest absolute Gasteiger partial charge is 0.493 e. The van der Waals surface area contributed by atoms with Crippen LogP contribution in [-0.4, -0.2) is 37.7 Å². The van der Waals surface area contributed by atoms with Gasteiger partial charge in [0.2, 0.25) is 6.79 Å². The van der Waals surface area contributed by atoms with Crippen molar-refractivity contribution < 1.29 is 28.5 Å². The average Bonchev–Trinajstić information content (AvgIpc) is 3.55. The molecule has 0 saturated carbocycles. The standard InChI is InChI=1S/C30H28N2O7S/c1-5-8-20-26(29(34)36-7-3)27(19-10-12-22-24(16-19)39-17-38-22)32-28(33)25(40-30(32)31-20)15-18-9-11-21(37-13-6-2)23(14-18)35-4/h2,9-12,14-16,27H,5,7-8,13,17H2,1,3-4H3/b25-15-/t27-/m1/s1. The number of esters is 1. The summed E-state index contributed by atoms with van der Waals surface area (Å²) in [6.07, 6.45) is 8.39. The van der Waals surface area contributed by atoms with E-state index in [1.807, 2.05) is 19.1 Å². The van der Waals surface area contributed by atoms with Crippen molar-refractivity contribution in [3.05, 3.63) is 78.5 Å². The number of nitrogens with zero attached hydrogens (tertiary/aromatic N) is 2. The highest BCUT2D eigenvalue weighted by Crippen LogP contribution is 2.39. The molecular formula is C30H28N2O7S. The Morgan fingerprint density at radius 1 is 1.20 bits per heavy atom. The molecule has 0 aliphatic carbocycles. The van der Waals surface area contributed by atoms with Crippen molar-refractivity contribution in [1.82, 2.24) is 4.57 Å². The predicted molar refractivity (Wildman–Crippen MR) is 150 cm³/mol. The number of ether oxygens (including phenoxy) is 5. The van der Waals surface area contributed by atoms with Crippen LogP contribution in [0.1, 0.15) is 43.9 Å². The Morgan fingerprint density at radius 2 is 2.02 bits per heavy atom. The van der Waals surface area contributed by atoms with Gasteiger partial charge in [-0.25, -0.2) is 9.79 Å². The van der Waals surface area contributed by atoms with E-state index in [1.54, 1.807) is 41.8 Å². The van der Waals surface area contributed by atoms with Crippen LogP contribution in [0.5, 0.6) is 23.0 Å². The number of carbonyl (C=O) groups is 1. The number of terminal acetylenes is 1. The molecule has 0 N–H and O–H groups in total. The van der Waals surface area contributed by atoms with E-state index in [4.69, 9.17) is 35.1 Å². The van der Waals surface area contributed by atoms with Crippen LogP contribution in [0.15, 0.2) is 57.5 Å². The maximum Gasteiger partial charge on any atom is 0.338 e. The SMILES string of the molecule is C#CCOc1ccc(/C=c2\sc3n(c2=O)[C@H](c2ccc4c(c2)OCO4)C(C(=O)OCC)=C(CCC)N=3)cc1OC. The second-order valence-corrected chi connectivity index (χ2v) is 9.94. The predicted octanol–water partition coefficient (Wildman–Crippen LogP) is 3.33. The van der Waals surface area contributed by atoms with Crippen LogP contribution in [0.25, 0.3) is 6.08 Å². The van der Waals surface area contributed by atoms with Crippen LogP contribution in [-0.2, 0) is 9.53 Å². The van der Waals surface area contributed by atoms with E-state index in [0.717, 1.165) is 12.0 Å². The first-order chi connectivity index (χ1) is 19.5. The van der Waals surface area contributed by atoms with Crippen LogP contribution >= 0.6 is 11.3 Å². The summed E-state index contributed by atoms with van der Waals surface area (Å²) < 4.78 is 29.5. The number of hydrogen-bond donors (Lipinski definition) is 0. The molecule has 3 aromatic rings. The molecule has 3 heterocycles. The fourth-order valence-electron chi connectivity index (χ4n) is 4.68. The second-order valence-electron chi connectivity index (χ2n) is 8.93. The minimum atomic E-state index is -0.748. The molecule has 10 heteroatoms. The smallest absolute Gasteiger partial charge is 0.338 e. The lowest BCUT2D eigenvalue weighted by Crippen LogP contribution is -2.40. The Labute approximate surface area is 234 Å². The maximum absolute atomic E-state index is 14.0. The van der Waals surface area contributed by atoms with Crippen molar-refractivity contribution in [3.8, 4) is 35.3 Å². The lowest BCUT2D eigenvalue weighted by atomic mass is 9.94. The molecule has 0 amide bonds. The highest BCUT2D eigenvalue weighted by atomic mass is 32.1. The zero-order valence-corrected chi connectivity index (χ0v) is 23.2. The van der Waals surface area contributed by atoms with Gasteiger partial charge in [0.05, 0.1) is 35.6 Å². The van der Waals surface area contributed by atoms with Gasteiger partial charge in [-0.3, -0.25) is 9.36 Å². The number of fused-ring (bicyclic) bond motifs is 2. The molecule has 2 aromatic carbocycles. The minimum Gasteiger partial charge on any atom is -0.493 e. The molecule has 2 aliphatic rings. The van der Waals surface area contributed by atoms with Gasteiger partial charge >= 0.3 is 5.97 Å². The lowest BCUT2D eigenvalue weighted by molar-refractivity contribution is -0.139. The zero-order chi connectivity index (χ0) is 28.2. The van der Waals surface area contributed by atoms with Crippen molar-refractivity contribution in [1.29, 1.82) is 0 Å². The van der Waals surface area contributed by atoms with Gasteiger partial charge in [0.15, 0.2) is 27.8 Å². The van der Waals surface area contributed by atoms with E-state index in [-0.39, 0.29) is 25.6 Å². The molecular weight excluding hydrogens is 532 g/mol. The van der Waals surface area contributed by atoms with E-state index >= 15 is 0 Å². The average molecular weight is 561 g/mol. The number of allylic oxidation sites excluding steroid dienone is 1. The van der Waals surface area contributed by atoms with Gasteiger partial charge in [-0.05, 0) is 54.8 Å². The van der Waals surface area contributed by atoms with E-state index in [0.29, 0.717) is 55.6 Å². The summed E-state index contributed by atoms with van der Waals surface area (Å²) >= 11 is 1.26. The first-order valence-corrected chi connectivity index (χ1v) is 13.7. The fraction of sp³-hybridized carbons (Fsp3) is 0.300. The van der Waals surface area contributed by atoms with E-state index in [1.165, 1.54) is 18.4 Å². The van der Waals surface area contributed by atoms with Crippen molar-refractivity contribution in [3.63, 3.8) is 0 Å². The van der Waals surface area contributed by atoms with Crippen LogP contribution in [0.2, 0.25) is 0 Å². The summed E-state index contributed by atoms with van der Waals surface area (Å²) in [6.45, 7) is 4.18. The van der Waals surface area contributed by atoms with Gasteiger partial charge in [0, 0.05) is 0 Å². The summed E-state index contributed by atoms with van der Waals surface area (Å²) in [7, 11) is 1.53. The van der Waals surface area contributed by atoms with Crippen molar-refractivity contribution in [2.45, 2.75) is 32.7 Å². The molecule has 0 fully saturated rings. The Kier molecular flexibility index (Phi) is 7.94. The van der Waals surface area contributed by atoms with Gasteiger partial charge in [-0.2, -0.15) is 0 Å². The first kappa shape index (κ1) is 27.1. The summed E-state index contributed by atoms with van der Waals surface area (Å²) in [5, 5.41) is 0.